The van der Waals surface area contributed by atoms with E-state index in [9.17, 15) is 22.8 Å². The van der Waals surface area contributed by atoms with Crippen LogP contribution in [0, 0.1) is 5.92 Å². The van der Waals surface area contributed by atoms with Gasteiger partial charge in [0, 0.05) is 19.3 Å². The summed E-state index contributed by atoms with van der Waals surface area (Å²) in [7, 11) is 0. The molecule has 2 aromatic rings. The van der Waals surface area contributed by atoms with Gasteiger partial charge in [-0.25, -0.2) is 4.98 Å². The number of anilines is 2. The molecular formula is C20H17Cl3F3N3O3. The lowest BCUT2D eigenvalue weighted by molar-refractivity contribution is -0.152. The largest absolute Gasteiger partial charge is 0.455 e. The fourth-order valence-corrected chi connectivity index (χ4v) is 3.74. The van der Waals surface area contributed by atoms with E-state index in [1.54, 1.807) is 4.90 Å². The number of nitrogens with one attached hydrogen (secondary N) is 1. The molecule has 1 aliphatic heterocycles. The summed E-state index contributed by atoms with van der Waals surface area (Å²) in [6.07, 6.45) is -2.82. The highest BCUT2D eigenvalue weighted by atomic mass is 35.5. The molecule has 3 rings (SSSR count). The Kier molecular flexibility index (Phi) is 7.74. The average Bonchev–Trinajstić information content (AvgIpc) is 2.75. The highest BCUT2D eigenvalue weighted by Gasteiger charge is 2.32. The molecule has 0 bridgehead atoms. The maximum absolute atomic E-state index is 12.7. The smallest absolute Gasteiger partial charge is 0.417 e. The number of halogens is 6. The van der Waals surface area contributed by atoms with Gasteiger partial charge in [0.15, 0.2) is 6.61 Å². The number of amides is 1. The van der Waals surface area contributed by atoms with Crippen LogP contribution in [0.1, 0.15) is 18.4 Å². The van der Waals surface area contributed by atoms with Crippen molar-refractivity contribution in [1.82, 2.24) is 4.98 Å². The van der Waals surface area contributed by atoms with Gasteiger partial charge in [0.1, 0.15) is 5.82 Å². The monoisotopic (exact) mass is 509 g/mol. The van der Waals surface area contributed by atoms with Crippen LogP contribution in [0.25, 0.3) is 0 Å². The zero-order valence-electron chi connectivity index (χ0n) is 16.4. The Morgan fingerprint density at radius 2 is 1.75 bits per heavy atom. The van der Waals surface area contributed by atoms with Gasteiger partial charge in [-0.05, 0) is 37.1 Å². The molecule has 0 spiro atoms. The summed E-state index contributed by atoms with van der Waals surface area (Å²) >= 11 is 17.7. The summed E-state index contributed by atoms with van der Waals surface area (Å²) in [5, 5.41) is 3.12. The van der Waals surface area contributed by atoms with Crippen LogP contribution in [0.15, 0.2) is 30.5 Å². The van der Waals surface area contributed by atoms with Crippen LogP contribution < -0.4 is 10.2 Å². The Labute approximate surface area is 196 Å². The van der Waals surface area contributed by atoms with Crippen molar-refractivity contribution in [3.63, 3.8) is 0 Å². The third-order valence-corrected chi connectivity index (χ3v) is 5.89. The molecule has 0 atom stereocenters. The number of carbonyl (C=O) groups is 2. The number of pyridine rings is 1. The van der Waals surface area contributed by atoms with Crippen LogP contribution in [0.2, 0.25) is 15.1 Å². The van der Waals surface area contributed by atoms with E-state index >= 15 is 0 Å². The van der Waals surface area contributed by atoms with Gasteiger partial charge >= 0.3 is 12.1 Å². The SMILES string of the molecule is O=C(COC(=O)C1CCN(c2ccc(C(F)(F)F)cn2)CC1)Nc1cc(Cl)c(Cl)cc1Cl. The Balaban J connectivity index is 1.46. The van der Waals surface area contributed by atoms with Crippen molar-refractivity contribution >= 4 is 58.2 Å². The van der Waals surface area contributed by atoms with Crippen molar-refractivity contribution in [2.75, 3.05) is 29.9 Å². The molecule has 1 aromatic heterocycles. The van der Waals surface area contributed by atoms with Crippen molar-refractivity contribution in [3.8, 4) is 0 Å². The molecule has 1 amide bonds. The fourth-order valence-electron chi connectivity index (χ4n) is 3.14. The molecule has 6 nitrogen and oxygen atoms in total. The van der Waals surface area contributed by atoms with Crippen molar-refractivity contribution in [2.45, 2.75) is 19.0 Å². The van der Waals surface area contributed by atoms with E-state index in [0.29, 0.717) is 31.7 Å². The first-order valence-corrected chi connectivity index (χ1v) is 10.6. The third-order valence-electron chi connectivity index (χ3n) is 4.86. The number of carbonyl (C=O) groups excluding carboxylic acids is 2. The van der Waals surface area contributed by atoms with E-state index < -0.39 is 36.1 Å². The van der Waals surface area contributed by atoms with Crippen LogP contribution in [-0.2, 0) is 20.5 Å². The molecule has 1 aromatic carbocycles. The number of piperidine rings is 1. The number of aromatic nitrogens is 1. The van der Waals surface area contributed by atoms with E-state index in [-0.39, 0.29) is 20.8 Å². The highest BCUT2D eigenvalue weighted by Crippen LogP contribution is 2.32. The average molecular weight is 511 g/mol. The van der Waals surface area contributed by atoms with Gasteiger partial charge in [0.05, 0.1) is 32.2 Å². The number of ether oxygens (including phenoxy) is 1. The van der Waals surface area contributed by atoms with E-state index in [2.05, 4.69) is 10.3 Å². The molecule has 32 heavy (non-hydrogen) atoms. The summed E-state index contributed by atoms with van der Waals surface area (Å²) in [4.78, 5) is 30.0. The molecule has 0 aliphatic carbocycles. The van der Waals surface area contributed by atoms with Gasteiger partial charge in [-0.3, -0.25) is 9.59 Å². The number of rotatable bonds is 5. The maximum atomic E-state index is 12.7. The topological polar surface area (TPSA) is 71.5 Å². The molecule has 1 N–H and O–H groups in total. The molecule has 0 unspecified atom stereocenters. The lowest BCUT2D eigenvalue weighted by Gasteiger charge is -2.31. The second-order valence-electron chi connectivity index (χ2n) is 7.07. The second-order valence-corrected chi connectivity index (χ2v) is 8.29. The quantitative estimate of drug-likeness (QED) is 0.427. The van der Waals surface area contributed by atoms with E-state index in [1.165, 1.54) is 18.2 Å². The fraction of sp³-hybridized carbons (Fsp3) is 0.350. The molecule has 1 fully saturated rings. The van der Waals surface area contributed by atoms with Crippen molar-refractivity contribution in [2.24, 2.45) is 5.92 Å². The van der Waals surface area contributed by atoms with Crippen LogP contribution in [-0.4, -0.2) is 36.6 Å². The highest BCUT2D eigenvalue weighted by molar-refractivity contribution is 6.44. The van der Waals surface area contributed by atoms with Crippen LogP contribution in [0.3, 0.4) is 0 Å². The molecule has 12 heteroatoms. The summed E-state index contributed by atoms with van der Waals surface area (Å²) in [6.45, 7) is 0.336. The minimum atomic E-state index is -4.44. The molecule has 0 saturated carbocycles. The van der Waals surface area contributed by atoms with Crippen LogP contribution in [0.5, 0.6) is 0 Å². The number of hydrogen-bond acceptors (Lipinski definition) is 5. The lowest BCUT2D eigenvalue weighted by atomic mass is 9.97. The maximum Gasteiger partial charge on any atom is 0.417 e. The summed E-state index contributed by atoms with van der Waals surface area (Å²) in [5.74, 6) is -1.14. The first-order valence-electron chi connectivity index (χ1n) is 9.44. The van der Waals surface area contributed by atoms with Crippen molar-refractivity contribution in [3.05, 3.63) is 51.1 Å². The van der Waals surface area contributed by atoms with E-state index in [0.717, 1.165) is 12.3 Å². The second kappa shape index (κ2) is 10.1. The number of esters is 1. The Morgan fingerprint density at radius 3 is 2.34 bits per heavy atom. The summed E-state index contributed by atoms with van der Waals surface area (Å²) in [5.41, 5.74) is -0.584. The predicted octanol–water partition coefficient (Wildman–Crippen LogP) is 5.46. The minimum absolute atomic E-state index is 0.184. The Bertz CT molecular complexity index is 995. The first kappa shape index (κ1) is 24.4. The summed E-state index contributed by atoms with van der Waals surface area (Å²) in [6, 6.07) is 5.05. The number of hydrogen-bond donors (Lipinski definition) is 1. The van der Waals surface area contributed by atoms with Crippen LogP contribution in [0.4, 0.5) is 24.7 Å². The van der Waals surface area contributed by atoms with E-state index in [4.69, 9.17) is 39.5 Å². The van der Waals surface area contributed by atoms with Gasteiger partial charge < -0.3 is 15.0 Å². The van der Waals surface area contributed by atoms with Gasteiger partial charge in [0.25, 0.3) is 5.91 Å². The van der Waals surface area contributed by atoms with Crippen molar-refractivity contribution in [1.29, 1.82) is 0 Å². The zero-order chi connectivity index (χ0) is 23.5. The molecule has 2 heterocycles. The van der Waals surface area contributed by atoms with Gasteiger partial charge in [-0.2, -0.15) is 13.2 Å². The van der Waals surface area contributed by atoms with E-state index in [1.807, 2.05) is 0 Å². The predicted molar refractivity (Wildman–Crippen MR) is 115 cm³/mol. The number of alkyl halides is 3. The first-order chi connectivity index (χ1) is 15.0. The Hall–Kier alpha value is -2.23. The zero-order valence-corrected chi connectivity index (χ0v) is 18.7. The molecule has 172 valence electrons. The van der Waals surface area contributed by atoms with Crippen molar-refractivity contribution < 1.29 is 27.5 Å². The lowest BCUT2D eigenvalue weighted by Crippen LogP contribution is -2.38. The normalized spacial score (nSPS) is 14.9. The van der Waals surface area contributed by atoms with Gasteiger partial charge in [-0.15, -0.1) is 0 Å². The molecule has 0 radical (unpaired) electrons. The van der Waals surface area contributed by atoms with Crippen LogP contribution >= 0.6 is 34.8 Å². The summed E-state index contributed by atoms with van der Waals surface area (Å²) < 4.78 is 43.1. The standard InChI is InChI=1S/C20H17Cl3F3N3O3/c21-13-7-15(23)16(8-14(13)22)28-18(30)10-32-19(31)11-3-5-29(6-4-11)17-2-1-12(9-27-17)20(24,25)26/h1-2,7-9,11H,3-6,10H2,(H,28,30). The number of nitrogens with zero attached hydrogens (tertiary/aromatic N) is 2. The Morgan fingerprint density at radius 1 is 1.09 bits per heavy atom. The van der Waals surface area contributed by atoms with Gasteiger partial charge in [0.2, 0.25) is 0 Å². The molecule has 1 aliphatic rings. The minimum Gasteiger partial charge on any atom is -0.455 e. The van der Waals surface area contributed by atoms with Gasteiger partial charge in [-0.1, -0.05) is 34.8 Å². The number of benzene rings is 1. The third kappa shape index (κ3) is 6.17. The molecular weight excluding hydrogens is 494 g/mol. The molecule has 1 saturated heterocycles.